The van der Waals surface area contributed by atoms with Gasteiger partial charge in [0.1, 0.15) is 11.3 Å². The second-order valence-corrected chi connectivity index (χ2v) is 8.65. The van der Waals surface area contributed by atoms with Crippen LogP contribution in [0.25, 0.3) is 16.9 Å². The van der Waals surface area contributed by atoms with Crippen LogP contribution in [-0.4, -0.2) is 68.4 Å². The Balaban J connectivity index is 1.25. The molecule has 0 radical (unpaired) electrons. The average Bonchev–Trinajstić information content (AvgIpc) is 3.36. The highest BCUT2D eigenvalue weighted by Gasteiger charge is 2.32. The predicted octanol–water partition coefficient (Wildman–Crippen LogP) is 2.77. The number of hydrogen-bond acceptors (Lipinski definition) is 6. The number of nitrogens with zero attached hydrogens (tertiary/aromatic N) is 6. The van der Waals surface area contributed by atoms with Crippen LogP contribution in [0.1, 0.15) is 44.2 Å². The number of rotatable bonds is 5. The minimum Gasteiger partial charge on any atom is -0.342 e. The SMILES string of the molecule is CCc1nn(-c2noc(C3CCN(CC4CN(C(C)=O)C4)CC3)n2)c2c(F)cccc12. The number of carbonyl (C=O) groups excluding carboxylic acids is 1. The summed E-state index contributed by atoms with van der Waals surface area (Å²) in [6.45, 7) is 8.34. The third-order valence-corrected chi connectivity index (χ3v) is 6.54. The van der Waals surface area contributed by atoms with Crippen molar-refractivity contribution in [3.8, 4) is 5.95 Å². The van der Waals surface area contributed by atoms with Gasteiger partial charge in [-0.05, 0) is 43.6 Å². The van der Waals surface area contributed by atoms with Gasteiger partial charge in [0.2, 0.25) is 11.8 Å². The van der Waals surface area contributed by atoms with Gasteiger partial charge in [-0.3, -0.25) is 4.79 Å². The normalized spacial score (nSPS) is 18.6. The third kappa shape index (κ3) is 3.71. The van der Waals surface area contributed by atoms with E-state index in [2.05, 4.69) is 20.1 Å². The zero-order chi connectivity index (χ0) is 21.5. The Morgan fingerprint density at radius 1 is 1.26 bits per heavy atom. The Morgan fingerprint density at radius 3 is 2.74 bits per heavy atom. The molecule has 0 saturated carbocycles. The van der Waals surface area contributed by atoms with Gasteiger partial charge >= 0.3 is 0 Å². The van der Waals surface area contributed by atoms with Crippen molar-refractivity contribution in [3.63, 3.8) is 0 Å². The van der Waals surface area contributed by atoms with Gasteiger partial charge in [0.05, 0.1) is 5.69 Å². The van der Waals surface area contributed by atoms with Gasteiger partial charge in [-0.25, -0.2) is 4.39 Å². The van der Waals surface area contributed by atoms with Gasteiger partial charge in [-0.1, -0.05) is 19.1 Å². The molecule has 0 unspecified atom stereocenters. The number of piperidine rings is 1. The molecule has 2 fully saturated rings. The van der Waals surface area contributed by atoms with E-state index in [4.69, 9.17) is 4.52 Å². The third-order valence-electron chi connectivity index (χ3n) is 6.54. The van der Waals surface area contributed by atoms with Crippen LogP contribution in [0.3, 0.4) is 0 Å². The molecule has 164 valence electrons. The van der Waals surface area contributed by atoms with Crippen LogP contribution < -0.4 is 0 Å². The number of benzene rings is 1. The standard InChI is InChI=1S/C22H27FN6O2/c1-3-19-17-5-4-6-18(23)20(17)29(25-19)22-24-21(31-26-22)16-7-9-27(10-8-16)11-15-12-28(13-15)14(2)30/h4-6,15-16H,3,7-13H2,1-2H3. The number of aryl methyl sites for hydroxylation is 1. The Hall–Kier alpha value is -2.81. The number of aromatic nitrogens is 4. The molecule has 2 aromatic heterocycles. The summed E-state index contributed by atoms with van der Waals surface area (Å²) in [6.07, 6.45) is 2.58. The van der Waals surface area contributed by atoms with Gasteiger partial charge in [-0.2, -0.15) is 14.8 Å². The molecule has 0 atom stereocenters. The summed E-state index contributed by atoms with van der Waals surface area (Å²) in [6, 6.07) is 4.99. The highest BCUT2D eigenvalue weighted by molar-refractivity contribution is 5.83. The summed E-state index contributed by atoms with van der Waals surface area (Å²) in [5.74, 6) is 1.47. The summed E-state index contributed by atoms with van der Waals surface area (Å²) in [5.41, 5.74) is 1.20. The van der Waals surface area contributed by atoms with Crippen LogP contribution in [0.5, 0.6) is 0 Å². The Bertz CT molecular complexity index is 1090. The number of halogens is 1. The monoisotopic (exact) mass is 426 g/mol. The van der Waals surface area contributed by atoms with Crippen LogP contribution in [0.4, 0.5) is 4.39 Å². The Kier molecular flexibility index (Phi) is 5.21. The molecule has 1 aromatic carbocycles. The quantitative estimate of drug-likeness (QED) is 0.624. The number of carbonyl (C=O) groups is 1. The van der Waals surface area contributed by atoms with Crippen molar-refractivity contribution < 1.29 is 13.7 Å². The van der Waals surface area contributed by atoms with Crippen molar-refractivity contribution >= 4 is 16.8 Å². The molecule has 5 rings (SSSR count). The molecule has 4 heterocycles. The van der Waals surface area contributed by atoms with E-state index in [1.54, 1.807) is 13.0 Å². The lowest BCUT2D eigenvalue weighted by Crippen LogP contribution is -2.53. The number of hydrogen-bond donors (Lipinski definition) is 0. The second-order valence-electron chi connectivity index (χ2n) is 8.65. The van der Waals surface area contributed by atoms with E-state index >= 15 is 0 Å². The lowest BCUT2D eigenvalue weighted by atomic mass is 9.94. The Labute approximate surface area is 180 Å². The molecule has 2 aliphatic heterocycles. The zero-order valence-corrected chi connectivity index (χ0v) is 17.9. The van der Waals surface area contributed by atoms with Gasteiger partial charge < -0.3 is 14.3 Å². The van der Waals surface area contributed by atoms with Crippen molar-refractivity contribution in [1.82, 2.24) is 29.7 Å². The van der Waals surface area contributed by atoms with Crippen molar-refractivity contribution in [2.24, 2.45) is 5.92 Å². The van der Waals surface area contributed by atoms with E-state index in [1.807, 2.05) is 17.9 Å². The van der Waals surface area contributed by atoms with Gasteiger partial charge in [-0.15, -0.1) is 0 Å². The maximum absolute atomic E-state index is 14.5. The van der Waals surface area contributed by atoms with E-state index in [9.17, 15) is 9.18 Å². The first-order valence-corrected chi connectivity index (χ1v) is 11.0. The van der Waals surface area contributed by atoms with Gasteiger partial charge in [0.15, 0.2) is 0 Å². The molecule has 0 aliphatic carbocycles. The van der Waals surface area contributed by atoms with Crippen molar-refractivity contribution in [3.05, 3.63) is 35.6 Å². The second kappa shape index (κ2) is 8.03. The summed E-state index contributed by atoms with van der Waals surface area (Å²) < 4.78 is 21.6. The molecule has 3 aromatic rings. The molecular formula is C22H27FN6O2. The molecular weight excluding hydrogens is 399 g/mol. The molecule has 0 bridgehead atoms. The number of para-hydroxylation sites is 1. The smallest absolute Gasteiger partial charge is 0.291 e. The predicted molar refractivity (Wildman–Crippen MR) is 112 cm³/mol. The van der Waals surface area contributed by atoms with E-state index in [0.717, 1.165) is 56.6 Å². The summed E-state index contributed by atoms with van der Waals surface area (Å²) >= 11 is 0. The van der Waals surface area contributed by atoms with Crippen LogP contribution >= 0.6 is 0 Å². The fraction of sp³-hybridized carbons (Fsp3) is 0.545. The topological polar surface area (TPSA) is 80.3 Å². The highest BCUT2D eigenvalue weighted by Crippen LogP contribution is 2.30. The van der Waals surface area contributed by atoms with Crippen molar-refractivity contribution in [2.45, 2.75) is 39.0 Å². The highest BCUT2D eigenvalue weighted by atomic mass is 19.1. The van der Waals surface area contributed by atoms with E-state index < -0.39 is 0 Å². The molecule has 1 amide bonds. The molecule has 9 heteroatoms. The lowest BCUT2D eigenvalue weighted by Gasteiger charge is -2.42. The zero-order valence-electron chi connectivity index (χ0n) is 17.9. The van der Waals surface area contributed by atoms with Crippen LogP contribution in [0, 0.1) is 11.7 Å². The van der Waals surface area contributed by atoms with E-state index in [1.165, 1.54) is 10.7 Å². The fourth-order valence-corrected chi connectivity index (χ4v) is 4.74. The lowest BCUT2D eigenvalue weighted by molar-refractivity contribution is -0.135. The summed E-state index contributed by atoms with van der Waals surface area (Å²) in [4.78, 5) is 20.3. The summed E-state index contributed by atoms with van der Waals surface area (Å²) in [5, 5.41) is 9.42. The van der Waals surface area contributed by atoms with Crippen LogP contribution in [0.2, 0.25) is 0 Å². The minimum absolute atomic E-state index is 0.165. The first kappa shape index (κ1) is 20.1. The first-order chi connectivity index (χ1) is 15.0. The Morgan fingerprint density at radius 2 is 2.03 bits per heavy atom. The van der Waals surface area contributed by atoms with Gasteiger partial charge in [0.25, 0.3) is 5.95 Å². The molecule has 31 heavy (non-hydrogen) atoms. The molecule has 2 aliphatic rings. The molecule has 8 nitrogen and oxygen atoms in total. The van der Waals surface area contributed by atoms with Crippen molar-refractivity contribution in [1.29, 1.82) is 0 Å². The average molecular weight is 426 g/mol. The van der Waals surface area contributed by atoms with E-state index in [-0.39, 0.29) is 23.6 Å². The van der Waals surface area contributed by atoms with E-state index in [0.29, 0.717) is 23.7 Å². The largest absolute Gasteiger partial charge is 0.342 e. The molecule has 0 N–H and O–H groups in total. The van der Waals surface area contributed by atoms with Crippen molar-refractivity contribution in [2.75, 3.05) is 32.7 Å². The number of likely N-dealkylation sites (tertiary alicyclic amines) is 2. The first-order valence-electron chi connectivity index (χ1n) is 11.0. The maximum atomic E-state index is 14.5. The molecule has 0 spiro atoms. The minimum atomic E-state index is -0.344. The number of fused-ring (bicyclic) bond motifs is 1. The maximum Gasteiger partial charge on any atom is 0.291 e. The number of amides is 1. The summed E-state index contributed by atoms with van der Waals surface area (Å²) in [7, 11) is 0. The molecule has 2 saturated heterocycles. The fourth-order valence-electron chi connectivity index (χ4n) is 4.74. The van der Waals surface area contributed by atoms with Gasteiger partial charge in [0, 0.05) is 43.8 Å². The van der Waals surface area contributed by atoms with Crippen LogP contribution in [0.15, 0.2) is 22.7 Å². The van der Waals surface area contributed by atoms with Crippen LogP contribution in [-0.2, 0) is 11.2 Å².